The van der Waals surface area contributed by atoms with Gasteiger partial charge in [-0.25, -0.2) is 17.2 Å². The molecule has 0 spiro atoms. The number of benzene rings is 2. The van der Waals surface area contributed by atoms with Crippen molar-refractivity contribution in [1.29, 1.82) is 0 Å². The van der Waals surface area contributed by atoms with E-state index in [0.29, 0.717) is 24.9 Å². The molecule has 1 unspecified atom stereocenters. The van der Waals surface area contributed by atoms with E-state index in [9.17, 15) is 17.2 Å². The molecule has 0 bridgehead atoms. The van der Waals surface area contributed by atoms with E-state index in [2.05, 4.69) is 0 Å². The summed E-state index contributed by atoms with van der Waals surface area (Å²) in [6.45, 7) is 0.298. The summed E-state index contributed by atoms with van der Waals surface area (Å²) < 4.78 is 54.0. The standard InChI is InChI=1S/C16H14ClF2NO2S/c17-12-5-8-16(14(19)10-12)23(21,22)20-9-1-2-15(20)11-3-6-13(18)7-4-11/h3-8,10,15H,1-2,9H2. The Bertz CT molecular complexity index is 824. The minimum atomic E-state index is -3.99. The van der Waals surface area contributed by atoms with E-state index < -0.39 is 26.8 Å². The molecule has 1 saturated heterocycles. The zero-order valence-corrected chi connectivity index (χ0v) is 13.6. The monoisotopic (exact) mass is 357 g/mol. The average molecular weight is 358 g/mol. The lowest BCUT2D eigenvalue weighted by Crippen LogP contribution is -2.31. The molecule has 3 rings (SSSR count). The van der Waals surface area contributed by atoms with Crippen molar-refractivity contribution in [3.8, 4) is 0 Å². The summed E-state index contributed by atoms with van der Waals surface area (Å²) in [6.07, 6.45) is 1.27. The molecule has 7 heteroatoms. The first kappa shape index (κ1) is 16.4. The lowest BCUT2D eigenvalue weighted by Gasteiger charge is -2.24. The zero-order valence-electron chi connectivity index (χ0n) is 12.0. The molecule has 0 amide bonds. The fraction of sp³-hybridized carbons (Fsp3) is 0.250. The number of sulfonamides is 1. The Hall–Kier alpha value is -1.50. The van der Waals surface area contributed by atoms with Crippen molar-refractivity contribution < 1.29 is 17.2 Å². The molecule has 0 N–H and O–H groups in total. The third kappa shape index (κ3) is 3.11. The molecule has 1 aliphatic rings. The SMILES string of the molecule is O=S(=O)(c1ccc(Cl)cc1F)N1CCCC1c1ccc(F)cc1. The number of hydrogen-bond donors (Lipinski definition) is 0. The van der Waals surface area contributed by atoms with Gasteiger partial charge < -0.3 is 0 Å². The molecule has 3 nitrogen and oxygen atoms in total. The van der Waals surface area contributed by atoms with Crippen molar-refractivity contribution in [2.75, 3.05) is 6.54 Å². The molecule has 0 aromatic heterocycles. The molecule has 0 radical (unpaired) electrons. The van der Waals surface area contributed by atoms with Crippen LogP contribution in [0.15, 0.2) is 47.4 Å². The normalized spacial score (nSPS) is 19.2. The maximum atomic E-state index is 14.0. The summed E-state index contributed by atoms with van der Waals surface area (Å²) in [5, 5.41) is 0.137. The Kier molecular flexibility index (Phi) is 4.40. The van der Waals surface area contributed by atoms with Crippen LogP contribution in [0.5, 0.6) is 0 Å². The third-order valence-electron chi connectivity index (χ3n) is 3.94. The Balaban J connectivity index is 1.99. The van der Waals surface area contributed by atoms with Crippen LogP contribution in [-0.4, -0.2) is 19.3 Å². The van der Waals surface area contributed by atoms with Crippen LogP contribution in [0.3, 0.4) is 0 Å². The van der Waals surface area contributed by atoms with Gasteiger partial charge in [-0.1, -0.05) is 23.7 Å². The van der Waals surface area contributed by atoms with E-state index in [-0.39, 0.29) is 10.8 Å². The summed E-state index contributed by atoms with van der Waals surface area (Å²) in [6, 6.07) is 8.79. The van der Waals surface area contributed by atoms with Gasteiger partial charge in [-0.15, -0.1) is 0 Å². The molecule has 1 aliphatic heterocycles. The second-order valence-electron chi connectivity index (χ2n) is 5.40. The molecule has 122 valence electrons. The van der Waals surface area contributed by atoms with Gasteiger partial charge in [-0.2, -0.15) is 4.31 Å². The molecule has 1 atom stereocenters. The summed E-state index contributed by atoms with van der Waals surface area (Å²) in [5.41, 5.74) is 0.696. The van der Waals surface area contributed by atoms with Gasteiger partial charge in [-0.05, 0) is 48.7 Å². The first-order chi connectivity index (χ1) is 10.9. The second-order valence-corrected chi connectivity index (χ2v) is 7.70. The van der Waals surface area contributed by atoms with E-state index in [0.717, 1.165) is 6.07 Å². The first-order valence-corrected chi connectivity index (χ1v) is 8.94. The molecular formula is C16H14ClF2NO2S. The van der Waals surface area contributed by atoms with Crippen LogP contribution in [0.2, 0.25) is 5.02 Å². The number of hydrogen-bond acceptors (Lipinski definition) is 2. The predicted octanol–water partition coefficient (Wildman–Crippen LogP) is 4.14. The maximum Gasteiger partial charge on any atom is 0.246 e. The van der Waals surface area contributed by atoms with Gasteiger partial charge in [0, 0.05) is 11.6 Å². The highest BCUT2D eigenvalue weighted by Crippen LogP contribution is 2.37. The fourth-order valence-electron chi connectivity index (χ4n) is 2.86. The Morgan fingerprint density at radius 1 is 1.09 bits per heavy atom. The highest BCUT2D eigenvalue weighted by Gasteiger charge is 2.37. The third-order valence-corrected chi connectivity index (χ3v) is 6.12. The molecule has 23 heavy (non-hydrogen) atoms. The van der Waals surface area contributed by atoms with Gasteiger partial charge in [0.2, 0.25) is 10.0 Å². The Morgan fingerprint density at radius 3 is 2.43 bits per heavy atom. The second kappa shape index (κ2) is 6.19. The first-order valence-electron chi connectivity index (χ1n) is 7.12. The number of halogens is 3. The number of rotatable bonds is 3. The van der Waals surface area contributed by atoms with Crippen molar-refractivity contribution in [3.63, 3.8) is 0 Å². The van der Waals surface area contributed by atoms with Crippen molar-refractivity contribution in [1.82, 2.24) is 4.31 Å². The molecule has 1 heterocycles. The summed E-state index contributed by atoms with van der Waals surface area (Å²) in [4.78, 5) is -0.393. The maximum absolute atomic E-state index is 14.0. The molecule has 1 fully saturated rings. The quantitative estimate of drug-likeness (QED) is 0.827. The van der Waals surface area contributed by atoms with E-state index in [4.69, 9.17) is 11.6 Å². The minimum Gasteiger partial charge on any atom is -0.207 e. The van der Waals surface area contributed by atoms with E-state index in [1.54, 1.807) is 12.1 Å². The molecule has 0 saturated carbocycles. The van der Waals surface area contributed by atoms with Crippen LogP contribution >= 0.6 is 11.6 Å². The van der Waals surface area contributed by atoms with Gasteiger partial charge in [0.15, 0.2) is 0 Å². The van der Waals surface area contributed by atoms with Gasteiger partial charge >= 0.3 is 0 Å². The highest BCUT2D eigenvalue weighted by atomic mass is 35.5. The van der Waals surface area contributed by atoms with Crippen LogP contribution < -0.4 is 0 Å². The van der Waals surface area contributed by atoms with E-state index in [1.165, 1.54) is 28.6 Å². The van der Waals surface area contributed by atoms with Gasteiger partial charge in [0.25, 0.3) is 0 Å². The minimum absolute atomic E-state index is 0.137. The fourth-order valence-corrected chi connectivity index (χ4v) is 4.74. The Morgan fingerprint density at radius 2 is 1.78 bits per heavy atom. The van der Waals surface area contributed by atoms with Gasteiger partial charge in [0.1, 0.15) is 16.5 Å². The largest absolute Gasteiger partial charge is 0.246 e. The van der Waals surface area contributed by atoms with Crippen molar-refractivity contribution in [2.24, 2.45) is 0 Å². The summed E-state index contributed by atoms with van der Waals surface area (Å²) >= 11 is 5.68. The van der Waals surface area contributed by atoms with Crippen LogP contribution in [0.1, 0.15) is 24.4 Å². The van der Waals surface area contributed by atoms with E-state index in [1.807, 2.05) is 0 Å². The molecular weight excluding hydrogens is 344 g/mol. The van der Waals surface area contributed by atoms with Gasteiger partial charge in [-0.3, -0.25) is 0 Å². The summed E-state index contributed by atoms with van der Waals surface area (Å²) in [7, 11) is -3.99. The smallest absolute Gasteiger partial charge is 0.207 e. The van der Waals surface area contributed by atoms with Crippen LogP contribution in [0.25, 0.3) is 0 Å². The average Bonchev–Trinajstić information content (AvgIpc) is 2.98. The Labute approximate surface area is 138 Å². The van der Waals surface area contributed by atoms with Crippen molar-refractivity contribution >= 4 is 21.6 Å². The van der Waals surface area contributed by atoms with Crippen LogP contribution in [-0.2, 0) is 10.0 Å². The van der Waals surface area contributed by atoms with Crippen LogP contribution in [0, 0.1) is 11.6 Å². The van der Waals surface area contributed by atoms with Crippen molar-refractivity contribution in [2.45, 2.75) is 23.8 Å². The highest BCUT2D eigenvalue weighted by molar-refractivity contribution is 7.89. The predicted molar refractivity (Wildman–Crippen MR) is 83.7 cm³/mol. The van der Waals surface area contributed by atoms with Gasteiger partial charge in [0.05, 0.1) is 6.04 Å². The molecule has 2 aromatic carbocycles. The van der Waals surface area contributed by atoms with E-state index >= 15 is 0 Å². The lowest BCUT2D eigenvalue weighted by atomic mass is 10.1. The molecule has 0 aliphatic carbocycles. The number of nitrogens with zero attached hydrogens (tertiary/aromatic N) is 1. The topological polar surface area (TPSA) is 37.4 Å². The molecule has 2 aromatic rings. The van der Waals surface area contributed by atoms with Crippen molar-refractivity contribution in [3.05, 3.63) is 64.7 Å². The van der Waals surface area contributed by atoms with Crippen LogP contribution in [0.4, 0.5) is 8.78 Å². The summed E-state index contributed by atoms with van der Waals surface area (Å²) in [5.74, 6) is -1.26. The zero-order chi connectivity index (χ0) is 16.6. The lowest BCUT2D eigenvalue weighted by molar-refractivity contribution is 0.393.